The second-order valence-corrected chi connectivity index (χ2v) is 6.97. The van der Waals surface area contributed by atoms with Gasteiger partial charge in [0.1, 0.15) is 10.6 Å². The molecule has 2 aromatic carbocycles. The minimum Gasteiger partial charge on any atom is -0.455 e. The van der Waals surface area contributed by atoms with Gasteiger partial charge in [-0.1, -0.05) is 29.8 Å². The van der Waals surface area contributed by atoms with E-state index < -0.39 is 18.5 Å². The third-order valence-corrected chi connectivity index (χ3v) is 4.80. The molecule has 7 heteroatoms. The van der Waals surface area contributed by atoms with Crippen molar-refractivity contribution < 1.29 is 19.1 Å². The standard InChI is InChI=1S/C20H16ClNO4S/c1-13-9-10-27-19(13)20(24)25-12-18(23)22-16-11-14(21)7-8-17(16)26-15-5-3-2-4-6-15/h2-11H,12H2,1H3,(H,22,23). The Bertz CT molecular complexity index is 956. The molecule has 27 heavy (non-hydrogen) atoms. The number of carbonyl (C=O) groups is 2. The molecule has 0 aliphatic heterocycles. The Balaban J connectivity index is 1.65. The first-order valence-electron chi connectivity index (χ1n) is 8.06. The largest absolute Gasteiger partial charge is 0.455 e. The Kier molecular flexibility index (Phi) is 6.11. The normalized spacial score (nSPS) is 10.3. The highest BCUT2D eigenvalue weighted by atomic mass is 35.5. The maximum Gasteiger partial charge on any atom is 0.349 e. The van der Waals surface area contributed by atoms with Gasteiger partial charge >= 0.3 is 5.97 Å². The van der Waals surface area contributed by atoms with Crippen LogP contribution in [0.5, 0.6) is 11.5 Å². The lowest BCUT2D eigenvalue weighted by Crippen LogP contribution is -2.21. The second-order valence-electron chi connectivity index (χ2n) is 5.61. The van der Waals surface area contributed by atoms with E-state index in [4.69, 9.17) is 21.1 Å². The Hall–Kier alpha value is -2.83. The first-order valence-corrected chi connectivity index (χ1v) is 9.32. The van der Waals surface area contributed by atoms with Crippen LogP contribution in [0.25, 0.3) is 0 Å². The summed E-state index contributed by atoms with van der Waals surface area (Å²) in [5.74, 6) is 0.0385. The van der Waals surface area contributed by atoms with E-state index in [0.29, 0.717) is 27.1 Å². The molecule has 1 aromatic heterocycles. The van der Waals surface area contributed by atoms with Crippen molar-refractivity contribution in [1.29, 1.82) is 0 Å². The van der Waals surface area contributed by atoms with Gasteiger partial charge in [-0.25, -0.2) is 4.79 Å². The average Bonchev–Trinajstić information content (AvgIpc) is 3.09. The Labute approximate surface area is 165 Å². The first-order chi connectivity index (χ1) is 13.0. The molecule has 0 saturated heterocycles. The van der Waals surface area contributed by atoms with Crippen LogP contribution in [0.4, 0.5) is 5.69 Å². The van der Waals surface area contributed by atoms with Gasteiger partial charge < -0.3 is 14.8 Å². The molecular formula is C20H16ClNO4S. The molecule has 0 fully saturated rings. The zero-order chi connectivity index (χ0) is 19.2. The highest BCUT2D eigenvalue weighted by Gasteiger charge is 2.15. The van der Waals surface area contributed by atoms with Crippen LogP contribution in [0.2, 0.25) is 5.02 Å². The van der Waals surface area contributed by atoms with Crippen molar-refractivity contribution in [3.8, 4) is 11.5 Å². The third-order valence-electron chi connectivity index (χ3n) is 3.57. The van der Waals surface area contributed by atoms with Gasteiger partial charge in [0.05, 0.1) is 5.69 Å². The fourth-order valence-electron chi connectivity index (χ4n) is 2.27. The van der Waals surface area contributed by atoms with Crippen molar-refractivity contribution in [1.82, 2.24) is 0 Å². The predicted molar refractivity (Wildman–Crippen MR) is 106 cm³/mol. The highest BCUT2D eigenvalue weighted by molar-refractivity contribution is 7.12. The summed E-state index contributed by atoms with van der Waals surface area (Å²) in [7, 11) is 0. The summed E-state index contributed by atoms with van der Waals surface area (Å²) in [5.41, 5.74) is 1.21. The molecule has 3 aromatic rings. The van der Waals surface area contributed by atoms with Crippen LogP contribution in [0, 0.1) is 6.92 Å². The van der Waals surface area contributed by atoms with E-state index in [2.05, 4.69) is 5.32 Å². The summed E-state index contributed by atoms with van der Waals surface area (Å²) in [6.45, 7) is 1.40. The molecule has 1 amide bonds. The summed E-state index contributed by atoms with van der Waals surface area (Å²) in [5, 5.41) is 4.90. The minimum absolute atomic E-state index is 0.389. The number of rotatable bonds is 6. The lowest BCUT2D eigenvalue weighted by Gasteiger charge is -2.13. The molecule has 5 nitrogen and oxygen atoms in total. The van der Waals surface area contributed by atoms with Gasteiger partial charge in [-0.2, -0.15) is 0 Å². The monoisotopic (exact) mass is 401 g/mol. The molecule has 0 saturated carbocycles. The van der Waals surface area contributed by atoms with Crippen molar-refractivity contribution in [3.63, 3.8) is 0 Å². The number of benzene rings is 2. The Morgan fingerprint density at radius 2 is 1.89 bits per heavy atom. The van der Waals surface area contributed by atoms with Crippen LogP contribution >= 0.6 is 22.9 Å². The molecule has 3 rings (SSSR count). The van der Waals surface area contributed by atoms with Crippen LogP contribution in [0.3, 0.4) is 0 Å². The predicted octanol–water partition coefficient (Wildman–Crippen LogP) is 5.30. The van der Waals surface area contributed by atoms with E-state index in [-0.39, 0.29) is 0 Å². The zero-order valence-corrected chi connectivity index (χ0v) is 16.0. The number of nitrogens with one attached hydrogen (secondary N) is 1. The lowest BCUT2D eigenvalue weighted by atomic mass is 10.2. The number of aryl methyl sites for hydroxylation is 1. The fourth-order valence-corrected chi connectivity index (χ4v) is 3.26. The maximum atomic E-state index is 12.2. The summed E-state index contributed by atoms with van der Waals surface area (Å²) in [6.07, 6.45) is 0. The van der Waals surface area contributed by atoms with Gasteiger partial charge in [-0.05, 0) is 54.3 Å². The van der Waals surface area contributed by atoms with Gasteiger partial charge in [0.25, 0.3) is 5.91 Å². The zero-order valence-electron chi connectivity index (χ0n) is 14.4. The number of ether oxygens (including phenoxy) is 2. The number of esters is 1. The molecule has 0 radical (unpaired) electrons. The van der Waals surface area contributed by atoms with Crippen LogP contribution in [-0.2, 0) is 9.53 Å². The Morgan fingerprint density at radius 1 is 1.11 bits per heavy atom. The molecule has 0 bridgehead atoms. The van der Waals surface area contributed by atoms with E-state index in [1.807, 2.05) is 31.2 Å². The Morgan fingerprint density at radius 3 is 2.59 bits per heavy atom. The highest BCUT2D eigenvalue weighted by Crippen LogP contribution is 2.32. The summed E-state index contributed by atoms with van der Waals surface area (Å²) >= 11 is 7.30. The average molecular weight is 402 g/mol. The number of hydrogen-bond donors (Lipinski definition) is 1. The molecule has 0 unspecified atom stereocenters. The third kappa shape index (κ3) is 5.09. The van der Waals surface area contributed by atoms with Crippen molar-refractivity contribution in [2.24, 2.45) is 0 Å². The van der Waals surface area contributed by atoms with E-state index in [1.54, 1.807) is 35.7 Å². The SMILES string of the molecule is Cc1ccsc1C(=O)OCC(=O)Nc1cc(Cl)ccc1Oc1ccccc1. The van der Waals surface area contributed by atoms with Gasteiger partial charge in [-0.3, -0.25) is 4.79 Å². The molecule has 1 N–H and O–H groups in total. The summed E-state index contributed by atoms with van der Waals surface area (Å²) < 4.78 is 10.9. The molecule has 1 heterocycles. The number of anilines is 1. The van der Waals surface area contributed by atoms with Crippen molar-refractivity contribution >= 4 is 40.5 Å². The van der Waals surface area contributed by atoms with Gasteiger partial charge in [0, 0.05) is 5.02 Å². The van der Waals surface area contributed by atoms with Gasteiger partial charge in [-0.15, -0.1) is 11.3 Å². The molecule has 0 aliphatic rings. The number of para-hydroxylation sites is 1. The summed E-state index contributed by atoms with van der Waals surface area (Å²) in [4.78, 5) is 24.7. The quantitative estimate of drug-likeness (QED) is 0.569. The van der Waals surface area contributed by atoms with E-state index in [1.165, 1.54) is 11.3 Å². The smallest absolute Gasteiger partial charge is 0.349 e. The fraction of sp³-hybridized carbons (Fsp3) is 0.100. The molecule has 138 valence electrons. The molecule has 0 aliphatic carbocycles. The van der Waals surface area contributed by atoms with E-state index in [9.17, 15) is 9.59 Å². The van der Waals surface area contributed by atoms with Gasteiger partial charge in [0.15, 0.2) is 12.4 Å². The van der Waals surface area contributed by atoms with Crippen LogP contribution in [-0.4, -0.2) is 18.5 Å². The van der Waals surface area contributed by atoms with Crippen molar-refractivity contribution in [2.75, 3.05) is 11.9 Å². The molecule has 0 spiro atoms. The number of hydrogen-bond acceptors (Lipinski definition) is 5. The van der Waals surface area contributed by atoms with E-state index in [0.717, 1.165) is 5.56 Å². The number of thiophene rings is 1. The van der Waals surface area contributed by atoms with Crippen molar-refractivity contribution in [3.05, 3.63) is 75.4 Å². The van der Waals surface area contributed by atoms with Gasteiger partial charge in [0.2, 0.25) is 0 Å². The van der Waals surface area contributed by atoms with Crippen molar-refractivity contribution in [2.45, 2.75) is 6.92 Å². The second kappa shape index (κ2) is 8.70. The molecule has 0 atom stereocenters. The first kappa shape index (κ1) is 18.9. The molecular weight excluding hydrogens is 386 g/mol. The maximum absolute atomic E-state index is 12.2. The van der Waals surface area contributed by atoms with E-state index >= 15 is 0 Å². The van der Waals surface area contributed by atoms with Crippen LogP contribution in [0.1, 0.15) is 15.2 Å². The summed E-state index contributed by atoms with van der Waals surface area (Å²) in [6, 6.07) is 15.9. The topological polar surface area (TPSA) is 64.6 Å². The van der Waals surface area contributed by atoms with Crippen LogP contribution < -0.4 is 10.1 Å². The number of amides is 1. The number of carbonyl (C=O) groups excluding carboxylic acids is 2. The van der Waals surface area contributed by atoms with Crippen LogP contribution in [0.15, 0.2) is 60.0 Å². The number of halogens is 1. The lowest BCUT2D eigenvalue weighted by molar-refractivity contribution is -0.119. The minimum atomic E-state index is -0.524.